The number of amides is 6. The van der Waals surface area contributed by atoms with E-state index in [9.17, 15) is 59.1 Å². The van der Waals surface area contributed by atoms with Crippen LogP contribution in [0.5, 0.6) is 5.75 Å². The van der Waals surface area contributed by atoms with Gasteiger partial charge < -0.3 is 80.7 Å². The van der Waals surface area contributed by atoms with Crippen LogP contribution >= 0.6 is 0 Å². The molecule has 0 saturated carbocycles. The Bertz CT molecular complexity index is 2380. The van der Waals surface area contributed by atoms with E-state index in [-0.39, 0.29) is 48.6 Å². The Balaban J connectivity index is 1.47. The zero-order chi connectivity index (χ0) is 59.9. The molecule has 0 aromatic heterocycles. The van der Waals surface area contributed by atoms with Gasteiger partial charge in [0.1, 0.15) is 42.8 Å². The van der Waals surface area contributed by atoms with Crippen molar-refractivity contribution in [2.45, 2.75) is 173 Å². The molecule has 2 aliphatic heterocycles. The number of ether oxygens (including phenoxy) is 5. The van der Waals surface area contributed by atoms with Gasteiger partial charge in [0, 0.05) is 47.8 Å². The van der Waals surface area contributed by atoms with Crippen molar-refractivity contribution in [2.75, 3.05) is 46.7 Å². The average Bonchev–Trinajstić information content (AvgIpc) is 3.91. The van der Waals surface area contributed by atoms with E-state index in [4.69, 9.17) is 29.4 Å². The predicted molar refractivity (Wildman–Crippen MR) is 292 cm³/mol. The molecule has 0 bridgehead atoms. The Morgan fingerprint density at radius 3 is 2.09 bits per heavy atom. The van der Waals surface area contributed by atoms with Gasteiger partial charge in [-0.1, -0.05) is 91.3 Å². The van der Waals surface area contributed by atoms with Gasteiger partial charge in [0.25, 0.3) is 0 Å². The Labute approximate surface area is 468 Å². The molecule has 0 aliphatic carbocycles. The lowest BCUT2D eigenvalue weighted by Gasteiger charge is -2.41. The van der Waals surface area contributed by atoms with E-state index in [1.165, 1.54) is 44.4 Å². The molecule has 2 aromatic rings. The molecule has 2 aliphatic rings. The SMILES string of the molecule is CC[C@@H](C)[C@H]([C@H](CC(=O)N1CCCC1[C@H](OC)[C@H](C)C(=O)N[C@@H](C)[C@H](O)c1ccccc1)OC)N(C)C(=O)[C@H](NC(=O)[C@@H](C(C)C)N(C)C(=O)OCc1ccc(O[C@@H]2O[C@H](C(=O)O)[C@@H](O)[C@H](O)[C@H]2O)c(NC(=O)CCN)c1)C(C)C. The lowest BCUT2D eigenvalue weighted by Crippen LogP contribution is -2.61. The van der Waals surface area contributed by atoms with Crippen LogP contribution in [-0.4, -0.2) is 196 Å². The summed E-state index contributed by atoms with van der Waals surface area (Å²) in [6.07, 6.45) is -11.3. The fourth-order valence-electron chi connectivity index (χ4n) is 10.4. The van der Waals surface area contributed by atoms with Crippen molar-refractivity contribution in [1.29, 1.82) is 0 Å². The number of nitrogens with one attached hydrogen (secondary N) is 3. The maximum absolute atomic E-state index is 14.7. The number of rotatable bonds is 28. The van der Waals surface area contributed by atoms with Crippen LogP contribution < -0.4 is 26.4 Å². The first-order valence-corrected chi connectivity index (χ1v) is 27.3. The second-order valence-corrected chi connectivity index (χ2v) is 21.6. The molecule has 1 unspecified atom stereocenters. The van der Waals surface area contributed by atoms with Crippen molar-refractivity contribution >= 4 is 47.3 Å². The second kappa shape index (κ2) is 30.7. The molecule has 15 atom stereocenters. The summed E-state index contributed by atoms with van der Waals surface area (Å²) in [5.41, 5.74) is 6.50. The third kappa shape index (κ3) is 16.8. The number of likely N-dealkylation sites (tertiary alicyclic amines) is 1. The number of likely N-dealkylation sites (N-methyl/N-ethyl adjacent to an activating group) is 2. The number of carbonyl (C=O) groups excluding carboxylic acids is 6. The van der Waals surface area contributed by atoms with E-state index in [0.717, 1.165) is 4.90 Å². The van der Waals surface area contributed by atoms with Crippen LogP contribution in [0.15, 0.2) is 48.5 Å². The second-order valence-electron chi connectivity index (χ2n) is 21.6. The van der Waals surface area contributed by atoms with Gasteiger partial charge in [-0.2, -0.15) is 0 Å². The highest BCUT2D eigenvalue weighted by molar-refractivity contribution is 5.93. The molecule has 4 rings (SSSR count). The Morgan fingerprint density at radius 2 is 1.51 bits per heavy atom. The molecule has 0 spiro atoms. The first-order valence-electron chi connectivity index (χ1n) is 27.3. The third-order valence-electron chi connectivity index (χ3n) is 15.2. The molecule has 2 fully saturated rings. The number of hydrogen-bond acceptors (Lipinski definition) is 17. The molecule has 24 nitrogen and oxygen atoms in total. The lowest BCUT2D eigenvalue weighted by atomic mass is 9.89. The highest BCUT2D eigenvalue weighted by atomic mass is 16.7. The van der Waals surface area contributed by atoms with E-state index in [1.54, 1.807) is 65.6 Å². The zero-order valence-corrected chi connectivity index (χ0v) is 48.1. The maximum atomic E-state index is 14.7. The minimum Gasteiger partial charge on any atom is -0.479 e. The standard InChI is InChI=1S/C56H87N7O17/c1-13-31(6)44(39(76-11)27-41(65)63-25-17-20-37(63)49(77-12)32(7)51(70)58-33(8)45(66)35-18-15-14-16-19-35)61(9)53(72)42(29(2)3)60-52(71)43(30(4)5)62(10)56(75)78-28-34-21-22-38(36(26-34)59-40(64)23-24-57)79-55-48(69)46(67)47(68)50(80-55)54(73)74/h14-16,18-19,21-22,26,29-33,37,39,42-50,55,66-69H,13,17,20,23-25,27-28,57H2,1-12H3,(H,58,70)(H,59,64)(H,60,71)(H,73,74)/t31-,32+,33+,37?,39+,42-,43-,44-,45+,46+,47+,48-,49-,50+,55-/m1/s1. The summed E-state index contributed by atoms with van der Waals surface area (Å²) in [7, 11) is 5.97. The molecule has 0 radical (unpaired) electrons. The molecule has 2 saturated heterocycles. The van der Waals surface area contributed by atoms with Crippen molar-refractivity contribution in [3.8, 4) is 5.75 Å². The lowest BCUT2D eigenvalue weighted by molar-refractivity contribution is -0.271. The number of methoxy groups -OCH3 is 2. The van der Waals surface area contributed by atoms with E-state index in [1.807, 2.05) is 32.0 Å². The van der Waals surface area contributed by atoms with E-state index < -0.39 is 133 Å². The number of aliphatic hydroxyl groups excluding tert-OH is 4. The summed E-state index contributed by atoms with van der Waals surface area (Å²) in [4.78, 5) is 99.7. The number of aliphatic carboxylic acids is 1. The fraction of sp³-hybridized carbons (Fsp3) is 0.661. The van der Waals surface area contributed by atoms with Crippen LogP contribution in [0.1, 0.15) is 105 Å². The van der Waals surface area contributed by atoms with Gasteiger partial charge in [-0.15, -0.1) is 0 Å². The molecule has 2 aromatic carbocycles. The molecular weight excluding hydrogens is 1040 g/mol. The average molecular weight is 1130 g/mol. The quantitative estimate of drug-likeness (QED) is 0.0589. The zero-order valence-electron chi connectivity index (χ0n) is 48.1. The largest absolute Gasteiger partial charge is 0.479 e. The van der Waals surface area contributed by atoms with Crippen molar-refractivity contribution in [3.05, 3.63) is 59.7 Å². The fourth-order valence-corrected chi connectivity index (χ4v) is 10.4. The minimum atomic E-state index is -1.97. The van der Waals surface area contributed by atoms with Gasteiger partial charge in [-0.3, -0.25) is 28.9 Å². The Hall–Kier alpha value is -5.99. The summed E-state index contributed by atoms with van der Waals surface area (Å²) in [5.74, 6) is -5.83. The number of benzene rings is 2. The van der Waals surface area contributed by atoms with Crippen LogP contribution in [0.2, 0.25) is 0 Å². The number of nitrogens with two attached hydrogens (primary N) is 1. The third-order valence-corrected chi connectivity index (χ3v) is 15.2. The van der Waals surface area contributed by atoms with Gasteiger partial charge >= 0.3 is 12.1 Å². The number of carbonyl (C=O) groups is 7. The highest BCUT2D eigenvalue weighted by Crippen LogP contribution is 2.33. The van der Waals surface area contributed by atoms with Gasteiger partial charge in [0.2, 0.25) is 35.8 Å². The molecule has 2 heterocycles. The summed E-state index contributed by atoms with van der Waals surface area (Å²) < 4.78 is 28.6. The summed E-state index contributed by atoms with van der Waals surface area (Å²) in [5, 5.41) is 59.8. The van der Waals surface area contributed by atoms with Gasteiger partial charge in [-0.05, 0) is 60.8 Å². The summed E-state index contributed by atoms with van der Waals surface area (Å²) in [6, 6.07) is 9.20. The first-order chi connectivity index (χ1) is 37.7. The van der Waals surface area contributed by atoms with Gasteiger partial charge in [0.15, 0.2) is 6.10 Å². The molecular formula is C56H87N7O17. The first kappa shape index (κ1) is 66.5. The van der Waals surface area contributed by atoms with Crippen LogP contribution in [0, 0.1) is 23.7 Å². The van der Waals surface area contributed by atoms with Gasteiger partial charge in [0.05, 0.1) is 54.5 Å². The number of anilines is 1. The number of carboxylic acid groups (broad SMARTS) is 1. The summed E-state index contributed by atoms with van der Waals surface area (Å²) in [6.45, 7) is 14.4. The topological polar surface area (TPSA) is 339 Å². The van der Waals surface area contributed by atoms with E-state index in [0.29, 0.717) is 36.9 Å². The number of carboxylic acids is 1. The van der Waals surface area contributed by atoms with Crippen LogP contribution in [-0.2, 0) is 54.3 Å². The number of nitrogens with zero attached hydrogens (tertiary/aromatic N) is 3. The van der Waals surface area contributed by atoms with Crippen LogP contribution in [0.25, 0.3) is 0 Å². The smallest absolute Gasteiger partial charge is 0.410 e. The molecule has 448 valence electrons. The van der Waals surface area contributed by atoms with Gasteiger partial charge in [-0.25, -0.2) is 9.59 Å². The highest BCUT2D eigenvalue weighted by Gasteiger charge is 2.49. The van der Waals surface area contributed by atoms with Crippen molar-refractivity contribution in [2.24, 2.45) is 29.4 Å². The van der Waals surface area contributed by atoms with E-state index in [2.05, 4.69) is 16.0 Å². The van der Waals surface area contributed by atoms with Crippen LogP contribution in [0.3, 0.4) is 0 Å². The maximum Gasteiger partial charge on any atom is 0.410 e. The van der Waals surface area contributed by atoms with Crippen LogP contribution in [0.4, 0.5) is 10.5 Å². The van der Waals surface area contributed by atoms with Crippen molar-refractivity contribution in [1.82, 2.24) is 25.3 Å². The summed E-state index contributed by atoms with van der Waals surface area (Å²) >= 11 is 0. The monoisotopic (exact) mass is 1130 g/mol. The Morgan fingerprint density at radius 1 is 0.850 bits per heavy atom. The predicted octanol–water partition coefficient (Wildman–Crippen LogP) is 2.14. The minimum absolute atomic E-state index is 0.0190. The number of hydrogen-bond donors (Lipinski definition) is 9. The van der Waals surface area contributed by atoms with E-state index >= 15 is 0 Å². The molecule has 6 amide bonds. The Kier molecular flexibility index (Phi) is 25.5. The van der Waals surface area contributed by atoms with Crippen molar-refractivity contribution in [3.63, 3.8) is 0 Å². The molecule has 80 heavy (non-hydrogen) atoms. The molecule has 24 heteroatoms. The molecule has 10 N–H and O–H groups in total. The number of aliphatic hydroxyl groups is 4. The normalized spacial score (nSPS) is 22.6. The van der Waals surface area contributed by atoms with Crippen molar-refractivity contribution < 1.29 is 82.8 Å².